The predicted octanol–water partition coefficient (Wildman–Crippen LogP) is 4.19. The number of halogens is 3. The second-order valence-electron chi connectivity index (χ2n) is 4.16. The number of methoxy groups -OCH3 is 1. The molecule has 2 rings (SSSR count). The topological polar surface area (TPSA) is 64.3 Å². The average Bonchev–Trinajstić information content (AvgIpc) is 2.44. The van der Waals surface area contributed by atoms with E-state index in [1.807, 2.05) is 0 Å². The van der Waals surface area contributed by atoms with Crippen LogP contribution in [0.4, 0.5) is 15.8 Å². The maximum Gasteiger partial charge on any atom is 0.256 e. The Morgan fingerprint density at radius 3 is 2.62 bits per heavy atom. The summed E-state index contributed by atoms with van der Waals surface area (Å²) < 4.78 is 19.5. The Hall–Kier alpha value is -1.60. The normalized spacial score (nSPS) is 10.3. The van der Waals surface area contributed by atoms with Crippen LogP contribution in [0.1, 0.15) is 10.4 Å². The van der Waals surface area contributed by atoms with E-state index in [-0.39, 0.29) is 11.3 Å². The lowest BCUT2D eigenvalue weighted by Gasteiger charge is -2.10. The third-order valence-electron chi connectivity index (χ3n) is 2.74. The monoisotopic (exact) mass is 416 g/mol. The number of benzene rings is 2. The number of carbonyl (C=O) groups excluding carboxylic acids is 1. The minimum absolute atomic E-state index is 0.0864. The van der Waals surface area contributed by atoms with Gasteiger partial charge in [-0.2, -0.15) is 0 Å². The summed E-state index contributed by atoms with van der Waals surface area (Å²) in [5, 5.41) is 2.70. The van der Waals surface area contributed by atoms with Crippen molar-refractivity contribution in [1.29, 1.82) is 0 Å². The molecule has 2 aromatic carbocycles. The summed E-state index contributed by atoms with van der Waals surface area (Å²) in [4.78, 5) is 12.2. The van der Waals surface area contributed by atoms with Crippen molar-refractivity contribution in [2.24, 2.45) is 0 Å². The summed E-state index contributed by atoms with van der Waals surface area (Å²) >= 11 is 6.47. The van der Waals surface area contributed by atoms with E-state index in [1.165, 1.54) is 13.2 Å². The molecule has 0 aliphatic carbocycles. The third-order valence-corrected chi connectivity index (χ3v) is 4.05. The summed E-state index contributed by atoms with van der Waals surface area (Å²) in [5.41, 5.74) is 6.19. The predicted molar refractivity (Wildman–Crippen MR) is 87.2 cm³/mol. The van der Waals surface area contributed by atoms with Gasteiger partial charge in [0.05, 0.1) is 22.8 Å². The first-order valence-corrected chi connectivity index (χ1v) is 7.40. The fourth-order valence-corrected chi connectivity index (χ4v) is 2.58. The molecule has 0 aromatic heterocycles. The molecule has 0 unspecified atom stereocenters. The Labute approximate surface area is 137 Å². The first-order chi connectivity index (χ1) is 9.92. The molecular weight excluding hydrogens is 407 g/mol. The molecule has 0 heterocycles. The molecule has 0 spiro atoms. The van der Waals surface area contributed by atoms with Crippen LogP contribution in [0.3, 0.4) is 0 Å². The largest absolute Gasteiger partial charge is 0.495 e. The van der Waals surface area contributed by atoms with Gasteiger partial charge < -0.3 is 15.8 Å². The number of nitrogen functional groups attached to an aromatic ring is 1. The molecule has 0 fully saturated rings. The molecule has 3 N–H and O–H groups in total. The molecule has 21 heavy (non-hydrogen) atoms. The zero-order valence-corrected chi connectivity index (χ0v) is 14.1. The molecule has 7 heteroatoms. The summed E-state index contributed by atoms with van der Waals surface area (Å²) in [6.07, 6.45) is 0. The highest BCUT2D eigenvalue weighted by Gasteiger charge is 2.14. The Kier molecular flexibility index (Phi) is 4.84. The van der Waals surface area contributed by atoms with E-state index < -0.39 is 11.7 Å². The maximum absolute atomic E-state index is 13.3. The highest BCUT2D eigenvalue weighted by atomic mass is 79.9. The van der Waals surface area contributed by atoms with Crippen LogP contribution in [-0.4, -0.2) is 13.0 Å². The van der Waals surface area contributed by atoms with Crippen molar-refractivity contribution in [3.63, 3.8) is 0 Å². The van der Waals surface area contributed by atoms with Crippen LogP contribution in [-0.2, 0) is 0 Å². The number of nitrogens with two attached hydrogens (primary N) is 1. The van der Waals surface area contributed by atoms with Gasteiger partial charge in [0.2, 0.25) is 0 Å². The number of hydrogen-bond donors (Lipinski definition) is 2. The Morgan fingerprint density at radius 1 is 1.24 bits per heavy atom. The summed E-state index contributed by atoms with van der Waals surface area (Å²) in [6.45, 7) is 0. The number of hydrogen-bond acceptors (Lipinski definition) is 3. The van der Waals surface area contributed by atoms with E-state index in [0.29, 0.717) is 15.9 Å². The highest BCUT2D eigenvalue weighted by molar-refractivity contribution is 9.10. The number of rotatable bonds is 3. The fourth-order valence-electron chi connectivity index (χ4n) is 1.68. The second-order valence-corrected chi connectivity index (χ2v) is 5.87. The van der Waals surface area contributed by atoms with Gasteiger partial charge in [-0.1, -0.05) is 0 Å². The van der Waals surface area contributed by atoms with Crippen molar-refractivity contribution >= 4 is 49.1 Å². The van der Waals surface area contributed by atoms with Crippen molar-refractivity contribution < 1.29 is 13.9 Å². The van der Waals surface area contributed by atoms with Crippen LogP contribution < -0.4 is 15.8 Å². The van der Waals surface area contributed by atoms with Crippen LogP contribution >= 0.6 is 31.9 Å². The Balaban J connectivity index is 2.28. The molecule has 2 aromatic rings. The molecule has 0 atom stereocenters. The molecule has 0 radical (unpaired) electrons. The highest BCUT2D eigenvalue weighted by Crippen LogP contribution is 2.29. The van der Waals surface area contributed by atoms with Gasteiger partial charge in [0.15, 0.2) is 0 Å². The van der Waals surface area contributed by atoms with E-state index in [2.05, 4.69) is 37.2 Å². The lowest BCUT2D eigenvalue weighted by atomic mass is 10.1. The lowest BCUT2D eigenvalue weighted by Crippen LogP contribution is -2.13. The van der Waals surface area contributed by atoms with Crippen molar-refractivity contribution in [1.82, 2.24) is 0 Å². The van der Waals surface area contributed by atoms with E-state index in [0.717, 1.165) is 10.5 Å². The van der Waals surface area contributed by atoms with E-state index in [9.17, 15) is 9.18 Å². The molecule has 1 amide bonds. The van der Waals surface area contributed by atoms with Gasteiger partial charge in [0, 0.05) is 16.2 Å². The Bertz CT molecular complexity index is 708. The standard InChI is InChI=1S/C14H11Br2FN2O2/c1-21-13-4-7(2-3-9(13)15)19-14(20)8-5-12(18)11(17)6-10(8)16/h2-6H,18H2,1H3,(H,19,20). The average molecular weight is 418 g/mol. The third kappa shape index (κ3) is 3.54. The van der Waals surface area contributed by atoms with E-state index >= 15 is 0 Å². The van der Waals surface area contributed by atoms with Crippen molar-refractivity contribution in [3.8, 4) is 5.75 Å². The molecule has 4 nitrogen and oxygen atoms in total. The molecular formula is C14H11Br2FN2O2. The molecule has 0 saturated heterocycles. The minimum Gasteiger partial charge on any atom is -0.495 e. The molecule has 0 saturated carbocycles. The lowest BCUT2D eigenvalue weighted by molar-refractivity contribution is 0.102. The van der Waals surface area contributed by atoms with Crippen molar-refractivity contribution in [2.45, 2.75) is 0 Å². The number of anilines is 2. The van der Waals surface area contributed by atoms with Gasteiger partial charge >= 0.3 is 0 Å². The van der Waals surface area contributed by atoms with Gasteiger partial charge in [0.25, 0.3) is 5.91 Å². The smallest absolute Gasteiger partial charge is 0.256 e. The van der Waals surface area contributed by atoms with E-state index in [4.69, 9.17) is 10.5 Å². The first kappa shape index (κ1) is 15.8. The fraction of sp³-hybridized carbons (Fsp3) is 0.0714. The van der Waals surface area contributed by atoms with Crippen LogP contribution in [0.5, 0.6) is 5.75 Å². The summed E-state index contributed by atoms with van der Waals surface area (Å²) in [6, 6.07) is 7.58. The SMILES string of the molecule is COc1cc(NC(=O)c2cc(N)c(F)cc2Br)ccc1Br. The molecule has 0 aliphatic heterocycles. The molecule has 110 valence electrons. The zero-order valence-electron chi connectivity index (χ0n) is 10.9. The molecule has 0 bridgehead atoms. The summed E-state index contributed by atoms with van der Waals surface area (Å²) in [5.74, 6) is -0.396. The minimum atomic E-state index is -0.580. The molecule has 0 aliphatic rings. The maximum atomic E-state index is 13.3. The van der Waals surface area contributed by atoms with Gasteiger partial charge in [-0.25, -0.2) is 4.39 Å². The van der Waals surface area contributed by atoms with Crippen LogP contribution in [0.15, 0.2) is 39.3 Å². The van der Waals surface area contributed by atoms with Crippen molar-refractivity contribution in [2.75, 3.05) is 18.2 Å². The number of ether oxygens (including phenoxy) is 1. The number of nitrogens with one attached hydrogen (secondary N) is 1. The summed E-state index contributed by atoms with van der Waals surface area (Å²) in [7, 11) is 1.53. The first-order valence-electron chi connectivity index (χ1n) is 5.81. The van der Waals surface area contributed by atoms with Crippen molar-refractivity contribution in [3.05, 3.63) is 50.7 Å². The van der Waals surface area contributed by atoms with Crippen LogP contribution in [0.25, 0.3) is 0 Å². The van der Waals surface area contributed by atoms with Crippen LogP contribution in [0.2, 0.25) is 0 Å². The quantitative estimate of drug-likeness (QED) is 0.735. The van der Waals surface area contributed by atoms with Gasteiger partial charge in [-0.05, 0) is 56.1 Å². The van der Waals surface area contributed by atoms with Gasteiger partial charge in [0.1, 0.15) is 11.6 Å². The van der Waals surface area contributed by atoms with Gasteiger partial charge in [-0.15, -0.1) is 0 Å². The zero-order chi connectivity index (χ0) is 15.6. The number of carbonyl (C=O) groups is 1. The van der Waals surface area contributed by atoms with Gasteiger partial charge in [-0.3, -0.25) is 4.79 Å². The Morgan fingerprint density at radius 2 is 1.95 bits per heavy atom. The van der Waals surface area contributed by atoms with Crippen LogP contribution in [0, 0.1) is 5.82 Å². The second kappa shape index (κ2) is 6.44. The number of amides is 1. The van der Waals surface area contributed by atoms with E-state index in [1.54, 1.807) is 18.2 Å².